The zero-order chi connectivity index (χ0) is 17.8. The highest BCUT2D eigenvalue weighted by Crippen LogP contribution is 2.33. The van der Waals surface area contributed by atoms with Crippen molar-refractivity contribution in [1.82, 2.24) is 4.90 Å². The molecule has 2 aromatic carbocycles. The molecule has 3 rings (SSSR count). The summed E-state index contributed by atoms with van der Waals surface area (Å²) in [7, 11) is 2.04. The zero-order valence-electron chi connectivity index (χ0n) is 15.9. The van der Waals surface area contributed by atoms with Crippen LogP contribution >= 0.6 is 0 Å². The fraction of sp³-hybridized carbons (Fsp3) is 0.409. The number of aliphatic imine (C=N–C) groups is 1. The van der Waals surface area contributed by atoms with Crippen LogP contribution in [0, 0.1) is 13.8 Å². The normalized spacial score (nSPS) is 13.8. The van der Waals surface area contributed by atoms with Crippen molar-refractivity contribution in [3.8, 4) is 0 Å². The smallest absolute Gasteiger partial charge is 0.0909 e. The van der Waals surface area contributed by atoms with Crippen LogP contribution in [0.4, 0.5) is 17.1 Å². The van der Waals surface area contributed by atoms with Gasteiger partial charge in [-0.1, -0.05) is 12.1 Å². The minimum Gasteiger partial charge on any atom is -0.366 e. The van der Waals surface area contributed by atoms with Gasteiger partial charge in [-0.15, -0.1) is 0 Å². The zero-order valence-corrected chi connectivity index (χ0v) is 15.9. The number of nitrogens with one attached hydrogen (secondary N) is 1. The molecular weight excluding hydrogens is 306 g/mol. The fourth-order valence-electron chi connectivity index (χ4n) is 3.36. The predicted molar refractivity (Wildman–Crippen MR) is 109 cm³/mol. The van der Waals surface area contributed by atoms with Gasteiger partial charge in [-0.3, -0.25) is 0 Å². The Bertz CT molecular complexity index is 777. The summed E-state index contributed by atoms with van der Waals surface area (Å²) in [5.41, 5.74) is 8.91. The minimum absolute atomic E-state index is 0.959. The van der Waals surface area contributed by atoms with Gasteiger partial charge in [0.1, 0.15) is 0 Å². The van der Waals surface area contributed by atoms with Gasteiger partial charge < -0.3 is 10.2 Å². The largest absolute Gasteiger partial charge is 0.366 e. The molecule has 0 fully saturated rings. The van der Waals surface area contributed by atoms with E-state index in [9.17, 15) is 0 Å². The van der Waals surface area contributed by atoms with E-state index in [1.807, 2.05) is 13.4 Å². The maximum atomic E-state index is 4.63. The molecule has 2 aromatic rings. The lowest BCUT2D eigenvalue weighted by Gasteiger charge is -2.21. The Morgan fingerprint density at radius 2 is 1.88 bits per heavy atom. The molecule has 0 aliphatic heterocycles. The molecule has 0 saturated heterocycles. The van der Waals surface area contributed by atoms with Crippen molar-refractivity contribution in [2.75, 3.05) is 18.9 Å². The first-order valence-electron chi connectivity index (χ1n) is 9.32. The van der Waals surface area contributed by atoms with Crippen molar-refractivity contribution in [3.05, 3.63) is 52.6 Å². The first-order chi connectivity index (χ1) is 12.1. The molecule has 0 bridgehead atoms. The summed E-state index contributed by atoms with van der Waals surface area (Å²) in [5.74, 6) is 0. The lowest BCUT2D eigenvalue weighted by molar-refractivity contribution is 0.552. The lowest BCUT2D eigenvalue weighted by atomic mass is 9.90. The lowest BCUT2D eigenvalue weighted by Crippen LogP contribution is -2.14. The molecule has 0 saturated carbocycles. The third-order valence-electron chi connectivity index (χ3n) is 5.10. The van der Waals surface area contributed by atoms with E-state index in [0.29, 0.717) is 0 Å². The first-order valence-corrected chi connectivity index (χ1v) is 9.32. The summed E-state index contributed by atoms with van der Waals surface area (Å²) in [6.45, 7) is 7.36. The maximum absolute atomic E-state index is 4.63. The Hall–Kier alpha value is -2.29. The molecule has 25 heavy (non-hydrogen) atoms. The van der Waals surface area contributed by atoms with Gasteiger partial charge >= 0.3 is 0 Å². The van der Waals surface area contributed by atoms with Gasteiger partial charge in [-0.05, 0) is 86.9 Å². The number of rotatable bonds is 5. The van der Waals surface area contributed by atoms with E-state index in [4.69, 9.17) is 0 Å². The topological polar surface area (TPSA) is 27.6 Å². The number of fused-ring (bicyclic) bond motifs is 1. The van der Waals surface area contributed by atoms with E-state index in [2.05, 4.69) is 66.3 Å². The Labute approximate surface area is 151 Å². The number of aryl methyl sites for hydroxylation is 3. The van der Waals surface area contributed by atoms with E-state index >= 15 is 0 Å². The van der Waals surface area contributed by atoms with Crippen LogP contribution in [0.25, 0.3) is 0 Å². The fourth-order valence-corrected chi connectivity index (χ4v) is 3.36. The Morgan fingerprint density at radius 1 is 1.08 bits per heavy atom. The summed E-state index contributed by atoms with van der Waals surface area (Å²) in [6.07, 6.45) is 6.90. The molecule has 0 spiro atoms. The van der Waals surface area contributed by atoms with Gasteiger partial charge in [0.15, 0.2) is 0 Å². The highest BCUT2D eigenvalue weighted by atomic mass is 15.1. The van der Waals surface area contributed by atoms with Crippen LogP contribution in [0.1, 0.15) is 42.0 Å². The first kappa shape index (κ1) is 17.5. The van der Waals surface area contributed by atoms with Gasteiger partial charge in [-0.25, -0.2) is 4.99 Å². The monoisotopic (exact) mass is 335 g/mol. The SMILES string of the molecule is CCN(C)/C=N\c1cc(C)c(Nc2cccc3c2CCCC3)cc1C. The standard InChI is InChI=1S/C22H29N3/c1-5-25(4)15-23-21-13-17(3)22(14-16(21)2)24-20-12-8-10-18-9-6-7-11-19(18)20/h8,10,12-15,24H,5-7,9,11H2,1-4H3/b23-15-. The average molecular weight is 335 g/mol. The molecule has 1 N–H and O–H groups in total. The minimum atomic E-state index is 0.959. The molecule has 0 radical (unpaired) electrons. The molecule has 0 amide bonds. The third kappa shape index (κ3) is 4.04. The van der Waals surface area contributed by atoms with Gasteiger partial charge in [0.25, 0.3) is 0 Å². The van der Waals surface area contributed by atoms with E-state index in [0.717, 1.165) is 12.2 Å². The van der Waals surface area contributed by atoms with E-state index in [1.165, 1.54) is 59.3 Å². The molecular formula is C22H29N3. The van der Waals surface area contributed by atoms with E-state index < -0.39 is 0 Å². The highest BCUT2D eigenvalue weighted by Gasteiger charge is 2.14. The number of hydrogen-bond donors (Lipinski definition) is 1. The molecule has 3 nitrogen and oxygen atoms in total. The average Bonchev–Trinajstić information content (AvgIpc) is 2.63. The van der Waals surface area contributed by atoms with Crippen LogP contribution < -0.4 is 5.32 Å². The van der Waals surface area contributed by atoms with Crippen LogP contribution in [0.5, 0.6) is 0 Å². The summed E-state index contributed by atoms with van der Waals surface area (Å²) >= 11 is 0. The van der Waals surface area contributed by atoms with Crippen LogP contribution in [-0.2, 0) is 12.8 Å². The number of hydrogen-bond acceptors (Lipinski definition) is 2. The quantitative estimate of drug-likeness (QED) is 0.574. The van der Waals surface area contributed by atoms with Crippen molar-refractivity contribution < 1.29 is 0 Å². The van der Waals surface area contributed by atoms with Crippen LogP contribution in [0.3, 0.4) is 0 Å². The van der Waals surface area contributed by atoms with Crippen LogP contribution in [0.2, 0.25) is 0 Å². The molecule has 1 aliphatic rings. The summed E-state index contributed by atoms with van der Waals surface area (Å²) in [5, 5.41) is 3.68. The number of nitrogens with zero attached hydrogens (tertiary/aromatic N) is 2. The molecule has 0 atom stereocenters. The second-order valence-electron chi connectivity index (χ2n) is 7.05. The van der Waals surface area contributed by atoms with Crippen molar-refractivity contribution >= 4 is 23.4 Å². The predicted octanol–water partition coefficient (Wildman–Crippen LogP) is 5.54. The highest BCUT2D eigenvalue weighted by molar-refractivity contribution is 5.72. The molecule has 0 aromatic heterocycles. The van der Waals surface area contributed by atoms with Gasteiger partial charge in [0, 0.05) is 25.0 Å². The number of benzene rings is 2. The Kier molecular flexibility index (Phi) is 5.42. The van der Waals surface area contributed by atoms with Gasteiger partial charge in [-0.2, -0.15) is 0 Å². The van der Waals surface area contributed by atoms with Crippen LogP contribution in [0.15, 0.2) is 35.3 Å². The van der Waals surface area contributed by atoms with E-state index in [-0.39, 0.29) is 0 Å². The molecule has 1 aliphatic carbocycles. The van der Waals surface area contributed by atoms with Crippen molar-refractivity contribution in [2.24, 2.45) is 4.99 Å². The summed E-state index contributed by atoms with van der Waals surface area (Å²) in [4.78, 5) is 6.71. The van der Waals surface area contributed by atoms with Crippen molar-refractivity contribution in [2.45, 2.75) is 46.5 Å². The second-order valence-corrected chi connectivity index (χ2v) is 7.05. The van der Waals surface area contributed by atoms with E-state index in [1.54, 1.807) is 0 Å². The van der Waals surface area contributed by atoms with Crippen LogP contribution in [-0.4, -0.2) is 24.8 Å². The Morgan fingerprint density at radius 3 is 2.68 bits per heavy atom. The maximum Gasteiger partial charge on any atom is 0.0909 e. The summed E-state index contributed by atoms with van der Waals surface area (Å²) < 4.78 is 0. The van der Waals surface area contributed by atoms with Crippen molar-refractivity contribution in [3.63, 3.8) is 0 Å². The third-order valence-corrected chi connectivity index (χ3v) is 5.10. The molecule has 3 heteroatoms. The second kappa shape index (κ2) is 7.73. The molecule has 0 unspecified atom stereocenters. The molecule has 0 heterocycles. The Balaban J connectivity index is 1.87. The summed E-state index contributed by atoms with van der Waals surface area (Å²) in [6, 6.07) is 11.1. The van der Waals surface area contributed by atoms with Gasteiger partial charge in [0.05, 0.1) is 12.0 Å². The molecule has 132 valence electrons. The van der Waals surface area contributed by atoms with Gasteiger partial charge in [0.2, 0.25) is 0 Å². The number of anilines is 2. The van der Waals surface area contributed by atoms with Crippen molar-refractivity contribution in [1.29, 1.82) is 0 Å².